The maximum atomic E-state index is 11.9. The van der Waals surface area contributed by atoms with Gasteiger partial charge in [-0.25, -0.2) is 4.98 Å². The highest BCUT2D eigenvalue weighted by molar-refractivity contribution is 7.80. The third-order valence-corrected chi connectivity index (χ3v) is 4.91. The van der Waals surface area contributed by atoms with E-state index in [1.165, 1.54) is 19.3 Å². The lowest BCUT2D eigenvalue weighted by molar-refractivity contribution is -0.121. The molecule has 3 N–H and O–H groups in total. The molecule has 0 aliphatic rings. The number of aromatic nitrogens is 2. The van der Waals surface area contributed by atoms with Crippen LogP contribution in [0.4, 0.5) is 0 Å². The number of nitrogens with one attached hydrogen (secondary N) is 3. The van der Waals surface area contributed by atoms with Crippen molar-refractivity contribution in [2.75, 3.05) is 6.54 Å². The first-order chi connectivity index (χ1) is 11.6. The maximum Gasteiger partial charge on any atom is 0.244 e. The van der Waals surface area contributed by atoms with Gasteiger partial charge in [0.2, 0.25) is 5.91 Å². The molecule has 0 saturated heterocycles. The molecule has 0 bridgehead atoms. The average molecular weight is 368 g/mol. The molecule has 0 saturated carbocycles. The summed E-state index contributed by atoms with van der Waals surface area (Å²) in [5, 5.41) is 5.58. The van der Waals surface area contributed by atoms with Crippen LogP contribution < -0.4 is 16.2 Å². The Morgan fingerprint density at radius 2 is 2.25 bits per heavy atom. The first-order valence-corrected chi connectivity index (χ1v) is 9.64. The number of carbonyl (C=O) groups is 1. The number of thiocarbonyl (C=S) groups is 1. The third-order valence-electron chi connectivity index (χ3n) is 3.89. The Kier molecular flexibility index (Phi) is 7.45. The summed E-state index contributed by atoms with van der Waals surface area (Å²) in [6.07, 6.45) is 8.78. The summed E-state index contributed by atoms with van der Waals surface area (Å²) in [6, 6.07) is 0. The molecule has 1 amide bonds. The number of nitrogens with zero attached hydrogens (tertiary/aromatic N) is 2. The van der Waals surface area contributed by atoms with E-state index in [1.807, 2.05) is 22.2 Å². The maximum absolute atomic E-state index is 11.9. The second kappa shape index (κ2) is 9.58. The molecule has 0 aliphatic heterocycles. The van der Waals surface area contributed by atoms with Gasteiger partial charge in [-0.1, -0.05) is 33.1 Å². The molecule has 6 nitrogen and oxygen atoms in total. The van der Waals surface area contributed by atoms with Crippen molar-refractivity contribution in [1.82, 2.24) is 25.6 Å². The van der Waals surface area contributed by atoms with Gasteiger partial charge in [-0.15, -0.1) is 11.3 Å². The van der Waals surface area contributed by atoms with E-state index in [0.717, 1.165) is 23.6 Å². The molecule has 132 valence electrons. The standard InChI is InChI=1S/C16H25N5OS2/c1-3-5-6-12(4-2)10-17-15(23)20-19-14(22)9-13-11-21-7-8-24-16(21)18-13/h7-8,11-12H,3-6,9-10H2,1-2H3,(H,19,22)(H2,17,20,23)/t12-/m1/s1. The number of thiazole rings is 1. The van der Waals surface area contributed by atoms with Crippen molar-refractivity contribution >= 4 is 39.5 Å². The van der Waals surface area contributed by atoms with Crippen molar-refractivity contribution in [3.05, 3.63) is 23.5 Å². The fourth-order valence-corrected chi connectivity index (χ4v) is 3.27. The molecule has 0 aliphatic carbocycles. The molecule has 2 rings (SSSR count). The molecule has 1 atom stereocenters. The first kappa shape index (κ1) is 18.7. The molecule has 2 aromatic heterocycles. The van der Waals surface area contributed by atoms with Gasteiger partial charge in [-0.3, -0.25) is 20.0 Å². The number of hydrazine groups is 1. The van der Waals surface area contributed by atoms with Gasteiger partial charge in [0.1, 0.15) is 0 Å². The number of amides is 1. The molecule has 8 heteroatoms. The minimum absolute atomic E-state index is 0.164. The van der Waals surface area contributed by atoms with E-state index in [1.54, 1.807) is 11.3 Å². The lowest BCUT2D eigenvalue weighted by Gasteiger charge is -2.17. The van der Waals surface area contributed by atoms with Gasteiger partial charge < -0.3 is 5.32 Å². The van der Waals surface area contributed by atoms with Gasteiger partial charge in [0.25, 0.3) is 0 Å². The van der Waals surface area contributed by atoms with Crippen molar-refractivity contribution in [3.63, 3.8) is 0 Å². The van der Waals surface area contributed by atoms with Crippen LogP contribution >= 0.6 is 23.6 Å². The Balaban J connectivity index is 1.67. The van der Waals surface area contributed by atoms with E-state index in [-0.39, 0.29) is 12.3 Å². The topological polar surface area (TPSA) is 70.5 Å². The van der Waals surface area contributed by atoms with Gasteiger partial charge in [0.05, 0.1) is 12.1 Å². The van der Waals surface area contributed by atoms with Crippen molar-refractivity contribution < 1.29 is 4.79 Å². The summed E-state index contributed by atoms with van der Waals surface area (Å²) in [5.74, 6) is 0.446. The van der Waals surface area contributed by atoms with Gasteiger partial charge >= 0.3 is 0 Å². The molecule has 24 heavy (non-hydrogen) atoms. The van der Waals surface area contributed by atoms with Crippen LogP contribution in [0.2, 0.25) is 0 Å². The van der Waals surface area contributed by atoms with Crippen molar-refractivity contribution in [3.8, 4) is 0 Å². The summed E-state index contributed by atoms with van der Waals surface area (Å²) >= 11 is 6.74. The number of imidazole rings is 1. The van der Waals surface area contributed by atoms with Crippen LogP contribution in [-0.2, 0) is 11.2 Å². The van der Waals surface area contributed by atoms with Gasteiger partial charge in [0.15, 0.2) is 10.1 Å². The summed E-state index contributed by atoms with van der Waals surface area (Å²) in [5.41, 5.74) is 6.11. The van der Waals surface area contributed by atoms with E-state index in [4.69, 9.17) is 12.2 Å². The summed E-state index contributed by atoms with van der Waals surface area (Å²) in [4.78, 5) is 17.2. The summed E-state index contributed by atoms with van der Waals surface area (Å²) in [6.45, 7) is 5.22. The van der Waals surface area contributed by atoms with Crippen LogP contribution in [0.5, 0.6) is 0 Å². The van der Waals surface area contributed by atoms with Crippen LogP contribution in [0.3, 0.4) is 0 Å². The highest BCUT2D eigenvalue weighted by Gasteiger charge is 2.09. The highest BCUT2D eigenvalue weighted by atomic mass is 32.1. The molecule has 0 radical (unpaired) electrons. The van der Waals surface area contributed by atoms with E-state index in [0.29, 0.717) is 11.0 Å². The predicted octanol–water partition coefficient (Wildman–Crippen LogP) is 2.65. The van der Waals surface area contributed by atoms with Crippen LogP contribution in [0.1, 0.15) is 45.2 Å². The zero-order chi connectivity index (χ0) is 17.4. The smallest absolute Gasteiger partial charge is 0.244 e. The van der Waals surface area contributed by atoms with Crippen LogP contribution in [0.25, 0.3) is 4.96 Å². The van der Waals surface area contributed by atoms with Crippen LogP contribution in [0, 0.1) is 5.92 Å². The molecular weight excluding hydrogens is 342 g/mol. The minimum atomic E-state index is -0.164. The fraction of sp³-hybridized carbons (Fsp3) is 0.562. The zero-order valence-electron chi connectivity index (χ0n) is 14.2. The SMILES string of the molecule is CCCC[C@@H](CC)CNC(=S)NNC(=O)Cc1cn2ccsc2n1. The van der Waals surface area contributed by atoms with Gasteiger partial charge in [0, 0.05) is 24.3 Å². The van der Waals surface area contributed by atoms with Gasteiger partial charge in [-0.05, 0) is 24.6 Å². The third kappa shape index (κ3) is 5.76. The number of hydrogen-bond donors (Lipinski definition) is 3. The summed E-state index contributed by atoms with van der Waals surface area (Å²) < 4.78 is 1.91. The molecule has 0 fully saturated rings. The molecule has 0 aromatic carbocycles. The highest BCUT2D eigenvalue weighted by Crippen LogP contribution is 2.12. The predicted molar refractivity (Wildman–Crippen MR) is 102 cm³/mol. The largest absolute Gasteiger partial charge is 0.361 e. The zero-order valence-corrected chi connectivity index (χ0v) is 15.8. The molecule has 0 spiro atoms. The lowest BCUT2D eigenvalue weighted by atomic mass is 9.99. The number of fused-ring (bicyclic) bond motifs is 1. The van der Waals surface area contributed by atoms with Crippen molar-refractivity contribution in [2.45, 2.75) is 46.0 Å². The molecule has 2 aromatic rings. The second-order valence-electron chi connectivity index (χ2n) is 5.80. The van der Waals surface area contributed by atoms with Crippen LogP contribution in [-0.4, -0.2) is 26.9 Å². The molecule has 2 heterocycles. The van der Waals surface area contributed by atoms with Gasteiger partial charge in [-0.2, -0.15) is 0 Å². The molecular formula is C16H25N5OS2. The minimum Gasteiger partial charge on any atom is -0.361 e. The Morgan fingerprint density at radius 3 is 2.96 bits per heavy atom. The fourth-order valence-electron chi connectivity index (χ4n) is 2.42. The van der Waals surface area contributed by atoms with Crippen molar-refractivity contribution in [2.24, 2.45) is 5.92 Å². The van der Waals surface area contributed by atoms with E-state index in [2.05, 4.69) is 35.0 Å². The second-order valence-corrected chi connectivity index (χ2v) is 7.08. The monoisotopic (exact) mass is 367 g/mol. The Hall–Kier alpha value is -1.67. The normalized spacial score (nSPS) is 12.1. The average Bonchev–Trinajstić information content (AvgIpc) is 3.14. The van der Waals surface area contributed by atoms with E-state index >= 15 is 0 Å². The summed E-state index contributed by atoms with van der Waals surface area (Å²) in [7, 11) is 0. The van der Waals surface area contributed by atoms with Crippen LogP contribution in [0.15, 0.2) is 17.8 Å². The number of hydrogen-bond acceptors (Lipinski definition) is 4. The molecule has 0 unspecified atom stereocenters. The number of carbonyl (C=O) groups excluding carboxylic acids is 1. The Labute approximate surface area is 152 Å². The van der Waals surface area contributed by atoms with E-state index in [9.17, 15) is 4.79 Å². The first-order valence-electron chi connectivity index (χ1n) is 8.36. The quantitative estimate of drug-likeness (QED) is 0.494. The Morgan fingerprint density at radius 1 is 1.42 bits per heavy atom. The van der Waals surface area contributed by atoms with Crippen molar-refractivity contribution in [1.29, 1.82) is 0 Å². The Bertz CT molecular complexity index is 638. The number of unbranched alkanes of at least 4 members (excludes halogenated alkanes) is 1. The van der Waals surface area contributed by atoms with E-state index < -0.39 is 0 Å². The lowest BCUT2D eigenvalue weighted by Crippen LogP contribution is -2.48. The number of rotatable bonds is 8.